The molecule has 0 radical (unpaired) electrons. The molecule has 4 N–H and O–H groups in total. The molecule has 0 bridgehead atoms. The van der Waals surface area contributed by atoms with Crippen LogP contribution in [0.3, 0.4) is 0 Å². The molecule has 2 aromatic carbocycles. The van der Waals surface area contributed by atoms with Gasteiger partial charge in [0.05, 0.1) is 21.8 Å². The fourth-order valence-corrected chi connectivity index (χ4v) is 4.71. The van der Waals surface area contributed by atoms with Crippen LogP contribution in [0.15, 0.2) is 35.3 Å². The number of ether oxygens (including phenoxy) is 1. The number of nitrogens with zero attached hydrogens (tertiary/aromatic N) is 1. The number of aliphatic imine (C=N–C) groups is 1. The van der Waals surface area contributed by atoms with Crippen molar-refractivity contribution in [1.82, 2.24) is 10.8 Å². The molecule has 5 rings (SSSR count). The van der Waals surface area contributed by atoms with Crippen molar-refractivity contribution in [3.63, 3.8) is 0 Å². The number of halogens is 2. The number of rotatable bonds is 3. The average molecular weight is 447 g/mol. The topological polar surface area (TPSA) is 104 Å². The van der Waals surface area contributed by atoms with Crippen LogP contribution in [-0.2, 0) is 10.4 Å². The Morgan fingerprint density at radius 2 is 2.03 bits per heavy atom. The molecule has 2 aromatic rings. The molecule has 2 amide bonds. The average Bonchev–Trinajstić information content (AvgIpc) is 3.18. The molecule has 0 aromatic heterocycles. The van der Waals surface area contributed by atoms with E-state index in [2.05, 4.69) is 21.1 Å². The number of urea groups is 1. The van der Waals surface area contributed by atoms with Crippen LogP contribution >= 0.6 is 11.6 Å². The maximum absolute atomic E-state index is 14.9. The SMILES string of the molecule is O=C1Nc2c(Cl)ccc(Oc3c(F)cccc3C3=NC(O)ON3)c2C2(CCCCC2)N1. The zero-order valence-corrected chi connectivity index (χ0v) is 17.1. The molecule has 1 unspecified atom stereocenters. The Labute approximate surface area is 182 Å². The molecule has 1 saturated carbocycles. The van der Waals surface area contributed by atoms with Gasteiger partial charge in [-0.15, -0.1) is 0 Å². The number of fused-ring (bicyclic) bond motifs is 2. The third kappa shape index (κ3) is 3.48. The van der Waals surface area contributed by atoms with Gasteiger partial charge in [0.25, 0.3) is 6.41 Å². The van der Waals surface area contributed by atoms with E-state index in [1.807, 2.05) is 0 Å². The van der Waals surface area contributed by atoms with Crippen molar-refractivity contribution in [3.8, 4) is 11.5 Å². The van der Waals surface area contributed by atoms with Crippen molar-refractivity contribution in [2.24, 2.45) is 4.99 Å². The lowest BCUT2D eigenvalue weighted by Crippen LogP contribution is -2.52. The zero-order valence-electron chi connectivity index (χ0n) is 16.4. The molecule has 162 valence electrons. The second-order valence-corrected chi connectivity index (χ2v) is 8.17. The van der Waals surface area contributed by atoms with E-state index in [1.165, 1.54) is 12.1 Å². The summed E-state index contributed by atoms with van der Waals surface area (Å²) in [6.07, 6.45) is 3.01. The van der Waals surface area contributed by atoms with Crippen molar-refractivity contribution in [2.75, 3.05) is 5.32 Å². The number of aliphatic hydroxyl groups is 1. The van der Waals surface area contributed by atoms with Crippen LogP contribution in [0.2, 0.25) is 5.02 Å². The van der Waals surface area contributed by atoms with Crippen molar-refractivity contribution in [2.45, 2.75) is 44.1 Å². The summed E-state index contributed by atoms with van der Waals surface area (Å²) >= 11 is 6.42. The molecule has 2 heterocycles. The molecule has 0 saturated heterocycles. The van der Waals surface area contributed by atoms with Gasteiger partial charge in [0.1, 0.15) is 5.75 Å². The number of benzene rings is 2. The van der Waals surface area contributed by atoms with Crippen LogP contribution in [0.1, 0.15) is 43.2 Å². The van der Waals surface area contributed by atoms with Gasteiger partial charge in [0.15, 0.2) is 17.4 Å². The molecule has 8 nitrogen and oxygen atoms in total. The molecule has 1 aliphatic carbocycles. The fourth-order valence-electron chi connectivity index (χ4n) is 4.50. The third-order valence-electron chi connectivity index (χ3n) is 5.83. The van der Waals surface area contributed by atoms with Gasteiger partial charge >= 0.3 is 6.03 Å². The normalized spacial score (nSPS) is 21.6. The Hall–Kier alpha value is -2.88. The first kappa shape index (κ1) is 20.0. The van der Waals surface area contributed by atoms with Crippen LogP contribution in [-0.4, -0.2) is 23.4 Å². The van der Waals surface area contributed by atoms with Gasteiger partial charge in [0, 0.05) is 5.56 Å². The number of carbonyl (C=O) groups is 1. The van der Waals surface area contributed by atoms with Crippen molar-refractivity contribution >= 4 is 29.2 Å². The number of amides is 2. The summed E-state index contributed by atoms with van der Waals surface area (Å²) in [6.45, 7) is 0. The van der Waals surface area contributed by atoms with E-state index < -0.39 is 17.8 Å². The van der Waals surface area contributed by atoms with Crippen molar-refractivity contribution in [3.05, 3.63) is 52.3 Å². The fraction of sp³-hybridized carbons (Fsp3) is 0.333. The molecular weight excluding hydrogens is 427 g/mol. The van der Waals surface area contributed by atoms with Crippen LogP contribution in [0, 0.1) is 5.82 Å². The van der Waals surface area contributed by atoms with E-state index in [0.29, 0.717) is 22.0 Å². The summed E-state index contributed by atoms with van der Waals surface area (Å²) in [4.78, 5) is 21.1. The molecule has 1 fully saturated rings. The molecule has 1 spiro atoms. The monoisotopic (exact) mass is 446 g/mol. The van der Waals surface area contributed by atoms with E-state index in [9.17, 15) is 14.3 Å². The lowest BCUT2D eigenvalue weighted by molar-refractivity contribution is -0.102. The Bertz CT molecular complexity index is 1090. The van der Waals surface area contributed by atoms with Crippen molar-refractivity contribution < 1.29 is 23.9 Å². The number of nitrogens with one attached hydrogen (secondary N) is 3. The second-order valence-electron chi connectivity index (χ2n) is 7.76. The summed E-state index contributed by atoms with van der Waals surface area (Å²) in [7, 11) is 0. The van der Waals surface area contributed by atoms with Gasteiger partial charge in [0.2, 0.25) is 0 Å². The Balaban J connectivity index is 1.64. The van der Waals surface area contributed by atoms with E-state index in [0.717, 1.165) is 32.1 Å². The van der Waals surface area contributed by atoms with E-state index >= 15 is 0 Å². The molecular formula is C21H20ClFN4O4. The molecule has 31 heavy (non-hydrogen) atoms. The highest BCUT2D eigenvalue weighted by molar-refractivity contribution is 6.34. The Morgan fingerprint density at radius 1 is 1.23 bits per heavy atom. The molecule has 10 heteroatoms. The minimum atomic E-state index is -1.39. The first-order chi connectivity index (χ1) is 15.0. The van der Waals surface area contributed by atoms with Gasteiger partial charge in [-0.05, 0) is 37.1 Å². The highest BCUT2D eigenvalue weighted by Crippen LogP contribution is 2.50. The summed E-state index contributed by atoms with van der Waals surface area (Å²) in [5, 5.41) is 15.7. The first-order valence-corrected chi connectivity index (χ1v) is 10.4. The standard InChI is InChI=1S/C21H20ClFN4O4/c22-12-7-8-14(15-16(12)24-19(28)26-21(15)9-2-1-3-10-21)30-17-11(5-4-6-13(17)23)18-25-20(29)31-27-18/h4-8,20,29H,1-3,9-10H2,(H,25,27)(H2,24,26,28). The Kier molecular flexibility index (Phi) is 4.96. The van der Waals surface area contributed by atoms with E-state index in [-0.39, 0.29) is 23.2 Å². The largest absolute Gasteiger partial charge is 0.453 e. The van der Waals surface area contributed by atoms with Gasteiger partial charge in [-0.1, -0.05) is 36.9 Å². The van der Waals surface area contributed by atoms with Crippen molar-refractivity contribution in [1.29, 1.82) is 0 Å². The number of aliphatic hydroxyl groups excluding tert-OH is 1. The predicted molar refractivity (Wildman–Crippen MR) is 112 cm³/mol. The molecule has 2 aliphatic heterocycles. The third-order valence-corrected chi connectivity index (χ3v) is 6.14. The number of anilines is 1. The van der Waals surface area contributed by atoms with Gasteiger partial charge in [-0.2, -0.15) is 0 Å². The van der Waals surface area contributed by atoms with E-state index in [4.69, 9.17) is 21.2 Å². The number of hydroxylamine groups is 1. The van der Waals surface area contributed by atoms with Crippen LogP contribution in [0.25, 0.3) is 0 Å². The second kappa shape index (κ2) is 7.67. The number of carbonyl (C=O) groups excluding carboxylic acids is 1. The summed E-state index contributed by atoms with van der Waals surface area (Å²) in [6, 6.07) is 7.33. The maximum Gasteiger partial charge on any atom is 0.319 e. The summed E-state index contributed by atoms with van der Waals surface area (Å²) < 4.78 is 21.0. The summed E-state index contributed by atoms with van der Waals surface area (Å²) in [5.41, 5.74) is 3.28. The molecule has 1 atom stereocenters. The van der Waals surface area contributed by atoms with Gasteiger partial charge in [-0.25, -0.2) is 24.5 Å². The van der Waals surface area contributed by atoms with Crippen LogP contribution in [0.4, 0.5) is 14.9 Å². The van der Waals surface area contributed by atoms with Gasteiger partial charge < -0.3 is 20.5 Å². The lowest BCUT2D eigenvalue weighted by Gasteiger charge is -2.43. The minimum Gasteiger partial charge on any atom is -0.453 e. The number of amidine groups is 1. The summed E-state index contributed by atoms with van der Waals surface area (Å²) in [5.74, 6) is -0.180. The lowest BCUT2D eigenvalue weighted by atomic mass is 9.74. The zero-order chi connectivity index (χ0) is 21.6. The molecule has 3 aliphatic rings. The highest BCUT2D eigenvalue weighted by Gasteiger charge is 2.44. The first-order valence-electron chi connectivity index (χ1n) is 10.0. The smallest absolute Gasteiger partial charge is 0.319 e. The van der Waals surface area contributed by atoms with Gasteiger partial charge in [-0.3, -0.25) is 0 Å². The maximum atomic E-state index is 14.9. The highest BCUT2D eigenvalue weighted by atomic mass is 35.5. The van der Waals surface area contributed by atoms with Crippen LogP contribution in [0.5, 0.6) is 11.5 Å². The van der Waals surface area contributed by atoms with E-state index in [1.54, 1.807) is 18.2 Å². The quantitative estimate of drug-likeness (QED) is 0.567. The predicted octanol–water partition coefficient (Wildman–Crippen LogP) is 4.12. The van der Waals surface area contributed by atoms with Crippen LogP contribution < -0.4 is 20.9 Å². The Morgan fingerprint density at radius 3 is 2.77 bits per heavy atom. The minimum absolute atomic E-state index is 0.0844. The number of hydrogen-bond donors (Lipinski definition) is 4. The number of hydrogen-bond acceptors (Lipinski definition) is 6. The number of para-hydroxylation sites is 1.